The lowest BCUT2D eigenvalue weighted by Crippen LogP contribution is -2.20. The fourth-order valence-electron chi connectivity index (χ4n) is 2.16. The number of carbonyl (C=O) groups excluding carboxylic acids is 2. The maximum absolute atomic E-state index is 11.2. The molecule has 6 nitrogen and oxygen atoms in total. The zero-order valence-electron chi connectivity index (χ0n) is 15.0. The minimum Gasteiger partial charge on any atom is -0.487 e. The maximum Gasteiger partial charge on any atom is 0.248 e. The molecule has 2 amide bonds. The minimum absolute atomic E-state index is 0.148. The van der Waals surface area contributed by atoms with E-state index in [-0.39, 0.29) is 6.10 Å². The molecule has 0 aliphatic heterocycles. The number of nitrogens with two attached hydrogens (primary N) is 2. The number of carbonyl (C=O) groups is 2. The van der Waals surface area contributed by atoms with Crippen LogP contribution in [-0.2, 0) is 11.2 Å². The molecule has 0 radical (unpaired) electrons. The predicted molar refractivity (Wildman–Crippen MR) is 108 cm³/mol. The minimum atomic E-state index is -0.445. The van der Waals surface area contributed by atoms with Crippen molar-refractivity contribution in [1.82, 2.24) is 5.32 Å². The molecule has 0 saturated heterocycles. The van der Waals surface area contributed by atoms with Gasteiger partial charge in [0, 0.05) is 25.1 Å². The molecule has 0 saturated carbocycles. The summed E-state index contributed by atoms with van der Waals surface area (Å²) in [5.41, 5.74) is 11.7. The van der Waals surface area contributed by atoms with E-state index in [9.17, 15) is 9.59 Å². The molecule has 146 valence electrons. The van der Waals surface area contributed by atoms with E-state index >= 15 is 0 Å². The molecule has 2 aromatic carbocycles. The highest BCUT2D eigenvalue weighted by Crippen LogP contribution is 2.33. The third-order valence-electron chi connectivity index (χ3n) is 3.34. The molecule has 0 bridgehead atoms. The number of hydrogen-bond donors (Lipinski definition) is 3. The predicted octanol–water partition coefficient (Wildman–Crippen LogP) is 2.79. The molecule has 0 aliphatic carbocycles. The van der Waals surface area contributed by atoms with Crippen LogP contribution in [0.25, 0.3) is 0 Å². The Morgan fingerprint density at radius 3 is 2.37 bits per heavy atom. The van der Waals surface area contributed by atoms with Crippen LogP contribution in [0.15, 0.2) is 42.5 Å². The van der Waals surface area contributed by atoms with Gasteiger partial charge in [0.15, 0.2) is 5.75 Å². The first kappa shape index (κ1) is 22.8. The van der Waals surface area contributed by atoms with Crippen LogP contribution in [-0.4, -0.2) is 31.5 Å². The lowest BCUT2D eigenvalue weighted by atomic mass is 10.1. The Morgan fingerprint density at radius 2 is 1.85 bits per heavy atom. The molecule has 8 heteroatoms. The third kappa shape index (κ3) is 8.30. The van der Waals surface area contributed by atoms with Crippen molar-refractivity contribution in [3.05, 3.63) is 63.6 Å². The highest BCUT2D eigenvalue weighted by molar-refractivity contribution is 6.37. The molecule has 2 rings (SSSR count). The molecule has 0 heterocycles. The molecule has 0 fully saturated rings. The molecular weight excluding hydrogens is 389 g/mol. The number of ether oxygens (including phenoxy) is 1. The summed E-state index contributed by atoms with van der Waals surface area (Å²) in [6.07, 6.45) is 1.10. The van der Waals surface area contributed by atoms with Crippen molar-refractivity contribution < 1.29 is 14.3 Å². The van der Waals surface area contributed by atoms with Crippen LogP contribution in [0.4, 0.5) is 0 Å². The molecule has 0 aromatic heterocycles. The molecule has 27 heavy (non-hydrogen) atoms. The Hall–Kier alpha value is -2.28. The maximum atomic E-state index is 11.2. The fraction of sp³-hybridized carbons (Fsp3) is 0.263. The van der Waals surface area contributed by atoms with Crippen molar-refractivity contribution in [3.8, 4) is 5.75 Å². The van der Waals surface area contributed by atoms with Gasteiger partial charge in [-0.05, 0) is 36.8 Å². The van der Waals surface area contributed by atoms with Gasteiger partial charge < -0.3 is 21.5 Å². The summed E-state index contributed by atoms with van der Waals surface area (Å²) in [5.74, 6) is 0.0268. The van der Waals surface area contributed by atoms with Gasteiger partial charge in [-0.15, -0.1) is 0 Å². The van der Waals surface area contributed by atoms with Crippen molar-refractivity contribution >= 4 is 35.5 Å². The van der Waals surface area contributed by atoms with Crippen molar-refractivity contribution in [3.63, 3.8) is 0 Å². The summed E-state index contributed by atoms with van der Waals surface area (Å²) in [7, 11) is 0. The van der Waals surface area contributed by atoms with Crippen LogP contribution in [0.5, 0.6) is 5.75 Å². The first-order chi connectivity index (χ1) is 12.9. The fourth-order valence-corrected chi connectivity index (χ4v) is 2.65. The quantitative estimate of drug-likeness (QED) is 0.458. The van der Waals surface area contributed by atoms with E-state index in [0.717, 1.165) is 5.56 Å². The zero-order valence-corrected chi connectivity index (χ0v) is 16.5. The first-order valence-corrected chi connectivity index (χ1v) is 9.01. The summed E-state index contributed by atoms with van der Waals surface area (Å²) in [6, 6.07) is 12.4. The monoisotopic (exact) mass is 411 g/mol. The van der Waals surface area contributed by atoms with Crippen molar-refractivity contribution in [1.29, 1.82) is 0 Å². The number of nitrogens with one attached hydrogen (secondary N) is 1. The normalized spacial score (nSPS) is 11.0. The molecular formula is C19H23Cl2N3O3. The van der Waals surface area contributed by atoms with Crippen LogP contribution in [0, 0.1) is 0 Å². The Morgan fingerprint density at radius 1 is 1.22 bits per heavy atom. The van der Waals surface area contributed by atoms with Crippen LogP contribution >= 0.6 is 23.2 Å². The van der Waals surface area contributed by atoms with Gasteiger partial charge >= 0.3 is 0 Å². The molecule has 1 atom stereocenters. The van der Waals surface area contributed by atoms with Gasteiger partial charge in [-0.1, -0.05) is 41.4 Å². The molecule has 5 N–H and O–H groups in total. The van der Waals surface area contributed by atoms with Crippen LogP contribution in [0.1, 0.15) is 22.8 Å². The Labute approximate surface area is 168 Å². The second-order valence-corrected chi connectivity index (χ2v) is 6.42. The van der Waals surface area contributed by atoms with Gasteiger partial charge in [-0.3, -0.25) is 9.59 Å². The molecule has 0 spiro atoms. The van der Waals surface area contributed by atoms with Crippen LogP contribution < -0.4 is 21.5 Å². The molecule has 1 unspecified atom stereocenters. The molecule has 0 aliphatic rings. The van der Waals surface area contributed by atoms with E-state index in [0.29, 0.717) is 47.3 Å². The second kappa shape index (κ2) is 12.2. The van der Waals surface area contributed by atoms with Crippen molar-refractivity contribution in [2.45, 2.75) is 19.4 Å². The largest absolute Gasteiger partial charge is 0.487 e. The zero-order chi connectivity index (χ0) is 20.2. The van der Waals surface area contributed by atoms with Gasteiger partial charge in [-0.2, -0.15) is 0 Å². The average molecular weight is 412 g/mol. The standard InChI is InChI=1S/C16H15Cl2NO2.C3H8N2O/c1-10(21-15-13(17)6-3-7-14(15)18)8-11-4-2-5-12(9-11)16(19)20;4-1-2-5-3-6/h2-7,9-10H,8H2,1H3,(H2,19,20);3H,1-2,4H2,(H,5,6). The van der Waals surface area contributed by atoms with Crippen LogP contribution in [0.3, 0.4) is 0 Å². The van der Waals surface area contributed by atoms with Gasteiger partial charge in [0.2, 0.25) is 12.3 Å². The lowest BCUT2D eigenvalue weighted by Gasteiger charge is -2.17. The van der Waals surface area contributed by atoms with Crippen molar-refractivity contribution in [2.75, 3.05) is 13.1 Å². The van der Waals surface area contributed by atoms with Crippen LogP contribution in [0.2, 0.25) is 10.0 Å². The van der Waals surface area contributed by atoms with E-state index in [1.807, 2.05) is 13.0 Å². The second-order valence-electron chi connectivity index (χ2n) is 5.61. The number of amides is 2. The van der Waals surface area contributed by atoms with Crippen molar-refractivity contribution in [2.24, 2.45) is 11.5 Å². The van der Waals surface area contributed by atoms with Gasteiger partial charge in [-0.25, -0.2) is 0 Å². The number of halogens is 2. The summed E-state index contributed by atoms with van der Waals surface area (Å²) < 4.78 is 5.80. The number of primary amides is 1. The van der Waals surface area contributed by atoms with Gasteiger partial charge in [0.05, 0.1) is 10.0 Å². The van der Waals surface area contributed by atoms with E-state index in [4.69, 9.17) is 39.4 Å². The van der Waals surface area contributed by atoms with E-state index in [1.165, 1.54) is 0 Å². The average Bonchev–Trinajstić information content (AvgIpc) is 2.64. The van der Waals surface area contributed by atoms with Gasteiger partial charge in [0.25, 0.3) is 0 Å². The van der Waals surface area contributed by atoms with E-state index in [2.05, 4.69) is 5.32 Å². The lowest BCUT2D eigenvalue weighted by molar-refractivity contribution is -0.109. The van der Waals surface area contributed by atoms with Gasteiger partial charge in [0.1, 0.15) is 6.10 Å². The number of hydrogen-bond acceptors (Lipinski definition) is 4. The number of benzene rings is 2. The highest BCUT2D eigenvalue weighted by atomic mass is 35.5. The smallest absolute Gasteiger partial charge is 0.248 e. The third-order valence-corrected chi connectivity index (χ3v) is 3.94. The Balaban J connectivity index is 0.000000527. The summed E-state index contributed by atoms with van der Waals surface area (Å²) >= 11 is 12.1. The highest BCUT2D eigenvalue weighted by Gasteiger charge is 2.12. The SMILES string of the molecule is CC(Cc1cccc(C(N)=O)c1)Oc1c(Cl)cccc1Cl.NCCNC=O. The van der Waals surface area contributed by atoms with E-state index < -0.39 is 5.91 Å². The summed E-state index contributed by atoms with van der Waals surface area (Å²) in [4.78, 5) is 20.6. The number of para-hydroxylation sites is 1. The Bertz CT molecular complexity index is 736. The number of rotatable bonds is 8. The summed E-state index contributed by atoms with van der Waals surface area (Å²) in [6.45, 7) is 3.00. The first-order valence-electron chi connectivity index (χ1n) is 8.25. The summed E-state index contributed by atoms with van der Waals surface area (Å²) in [5, 5.41) is 3.34. The Kier molecular flexibility index (Phi) is 10.3. The van der Waals surface area contributed by atoms with E-state index in [1.54, 1.807) is 36.4 Å². The topological polar surface area (TPSA) is 107 Å². The molecule has 2 aromatic rings.